The van der Waals surface area contributed by atoms with Gasteiger partial charge >= 0.3 is 0 Å². The molecule has 1 aromatic carbocycles. The monoisotopic (exact) mass is 285 g/mol. The van der Waals surface area contributed by atoms with Gasteiger partial charge in [0.25, 0.3) is 0 Å². The summed E-state index contributed by atoms with van der Waals surface area (Å²) in [5, 5.41) is 0. The standard InChI is InChI=1S/C17H23N3O/c1-5-21-15(17(2,3)4)16-19-13(11-14(18)20-16)12-9-7-6-8-10-12/h6-11,15H,5H2,1-4H3,(H2,18,19,20). The van der Waals surface area contributed by atoms with Crippen molar-refractivity contribution in [1.82, 2.24) is 9.97 Å². The molecule has 21 heavy (non-hydrogen) atoms. The van der Waals surface area contributed by atoms with Gasteiger partial charge in [-0.2, -0.15) is 0 Å². The molecule has 1 atom stereocenters. The maximum absolute atomic E-state index is 5.97. The summed E-state index contributed by atoms with van der Waals surface area (Å²) >= 11 is 0. The van der Waals surface area contributed by atoms with E-state index in [1.165, 1.54) is 0 Å². The number of nitrogen functional groups attached to an aromatic ring is 1. The van der Waals surface area contributed by atoms with Crippen LogP contribution >= 0.6 is 0 Å². The van der Waals surface area contributed by atoms with E-state index in [2.05, 4.69) is 30.7 Å². The van der Waals surface area contributed by atoms with E-state index < -0.39 is 0 Å². The number of benzene rings is 1. The molecule has 0 saturated heterocycles. The minimum absolute atomic E-state index is 0.0994. The fourth-order valence-corrected chi connectivity index (χ4v) is 2.24. The average Bonchev–Trinajstić information content (AvgIpc) is 2.44. The lowest BCUT2D eigenvalue weighted by atomic mass is 9.88. The van der Waals surface area contributed by atoms with Gasteiger partial charge in [-0.15, -0.1) is 0 Å². The summed E-state index contributed by atoms with van der Waals surface area (Å²) in [6, 6.07) is 11.8. The molecule has 4 nitrogen and oxygen atoms in total. The number of anilines is 1. The molecule has 1 aromatic heterocycles. The van der Waals surface area contributed by atoms with Gasteiger partial charge in [0.1, 0.15) is 11.9 Å². The zero-order valence-electron chi connectivity index (χ0n) is 13.1. The molecule has 2 aromatic rings. The topological polar surface area (TPSA) is 61.0 Å². The van der Waals surface area contributed by atoms with Gasteiger partial charge in [-0.1, -0.05) is 51.1 Å². The number of nitrogens with two attached hydrogens (primary N) is 1. The van der Waals surface area contributed by atoms with E-state index in [4.69, 9.17) is 10.5 Å². The summed E-state index contributed by atoms with van der Waals surface area (Å²) in [7, 11) is 0. The van der Waals surface area contributed by atoms with Crippen LogP contribution in [0, 0.1) is 5.41 Å². The lowest BCUT2D eigenvalue weighted by molar-refractivity contribution is -0.0189. The van der Waals surface area contributed by atoms with Gasteiger partial charge in [0.05, 0.1) is 5.69 Å². The van der Waals surface area contributed by atoms with Crippen LogP contribution in [-0.2, 0) is 4.74 Å². The molecule has 0 amide bonds. The van der Waals surface area contributed by atoms with E-state index in [1.54, 1.807) is 6.07 Å². The summed E-state index contributed by atoms with van der Waals surface area (Å²) in [6.45, 7) is 8.93. The highest BCUT2D eigenvalue weighted by Gasteiger charge is 2.30. The molecule has 0 fully saturated rings. The van der Waals surface area contributed by atoms with Crippen molar-refractivity contribution in [2.24, 2.45) is 5.41 Å². The largest absolute Gasteiger partial charge is 0.384 e. The van der Waals surface area contributed by atoms with Crippen molar-refractivity contribution in [1.29, 1.82) is 0 Å². The van der Waals surface area contributed by atoms with Crippen LogP contribution in [0.4, 0.5) is 5.82 Å². The predicted molar refractivity (Wildman–Crippen MR) is 85.7 cm³/mol. The van der Waals surface area contributed by atoms with Gasteiger partial charge in [0.15, 0.2) is 5.82 Å². The summed E-state index contributed by atoms with van der Waals surface area (Å²) in [6.07, 6.45) is -0.187. The lowest BCUT2D eigenvalue weighted by Crippen LogP contribution is -2.24. The molecule has 0 bridgehead atoms. The van der Waals surface area contributed by atoms with Crippen LogP contribution in [0.1, 0.15) is 39.6 Å². The van der Waals surface area contributed by atoms with Gasteiger partial charge < -0.3 is 10.5 Å². The Morgan fingerprint density at radius 3 is 2.38 bits per heavy atom. The van der Waals surface area contributed by atoms with Gasteiger partial charge in [-0.3, -0.25) is 0 Å². The van der Waals surface area contributed by atoms with Crippen LogP contribution in [0.25, 0.3) is 11.3 Å². The molecular formula is C17H23N3O. The van der Waals surface area contributed by atoms with E-state index >= 15 is 0 Å². The van der Waals surface area contributed by atoms with Crippen molar-refractivity contribution in [3.63, 3.8) is 0 Å². The molecule has 4 heteroatoms. The predicted octanol–water partition coefficient (Wildman–Crippen LogP) is 3.85. The Morgan fingerprint density at radius 2 is 1.81 bits per heavy atom. The highest BCUT2D eigenvalue weighted by molar-refractivity contribution is 5.61. The van der Waals surface area contributed by atoms with Crippen molar-refractivity contribution in [3.8, 4) is 11.3 Å². The third-order valence-electron chi connectivity index (χ3n) is 3.19. The first-order valence-corrected chi connectivity index (χ1v) is 7.23. The van der Waals surface area contributed by atoms with Crippen LogP contribution in [0.15, 0.2) is 36.4 Å². The quantitative estimate of drug-likeness (QED) is 0.927. The molecule has 112 valence electrons. The molecule has 0 saturated carbocycles. The first kappa shape index (κ1) is 15.4. The fourth-order valence-electron chi connectivity index (χ4n) is 2.24. The molecule has 0 aliphatic carbocycles. The van der Waals surface area contributed by atoms with Crippen LogP contribution in [0.2, 0.25) is 0 Å². The Morgan fingerprint density at radius 1 is 1.14 bits per heavy atom. The van der Waals surface area contributed by atoms with E-state index in [9.17, 15) is 0 Å². The Balaban J connectivity index is 2.47. The van der Waals surface area contributed by atoms with Crippen molar-refractivity contribution in [2.45, 2.75) is 33.8 Å². The normalized spacial score (nSPS) is 13.1. The summed E-state index contributed by atoms with van der Waals surface area (Å²) < 4.78 is 5.86. The van der Waals surface area contributed by atoms with Crippen LogP contribution < -0.4 is 5.73 Å². The summed E-state index contributed by atoms with van der Waals surface area (Å²) in [4.78, 5) is 9.06. The molecule has 2 N–H and O–H groups in total. The number of hydrogen-bond donors (Lipinski definition) is 1. The van der Waals surface area contributed by atoms with Crippen molar-refractivity contribution in [2.75, 3.05) is 12.3 Å². The molecule has 0 aliphatic rings. The van der Waals surface area contributed by atoms with E-state index in [1.807, 2.05) is 37.3 Å². The number of nitrogens with zero attached hydrogens (tertiary/aromatic N) is 2. The Bertz CT molecular complexity index is 591. The first-order valence-electron chi connectivity index (χ1n) is 7.23. The smallest absolute Gasteiger partial charge is 0.160 e. The van der Waals surface area contributed by atoms with E-state index in [-0.39, 0.29) is 11.5 Å². The summed E-state index contributed by atoms with van der Waals surface area (Å²) in [5.41, 5.74) is 7.72. The molecule has 1 unspecified atom stereocenters. The van der Waals surface area contributed by atoms with Crippen molar-refractivity contribution >= 4 is 5.82 Å². The van der Waals surface area contributed by atoms with Gasteiger partial charge in [0.2, 0.25) is 0 Å². The number of aromatic nitrogens is 2. The third kappa shape index (κ3) is 3.79. The van der Waals surface area contributed by atoms with Crippen molar-refractivity contribution < 1.29 is 4.74 Å². The number of ether oxygens (including phenoxy) is 1. The first-order chi connectivity index (χ1) is 9.91. The fraction of sp³-hybridized carbons (Fsp3) is 0.412. The van der Waals surface area contributed by atoms with Gasteiger partial charge in [-0.05, 0) is 12.3 Å². The van der Waals surface area contributed by atoms with Gasteiger partial charge in [-0.25, -0.2) is 9.97 Å². The maximum Gasteiger partial charge on any atom is 0.160 e. The van der Waals surface area contributed by atoms with E-state index in [0.717, 1.165) is 11.3 Å². The number of hydrogen-bond acceptors (Lipinski definition) is 4. The Hall–Kier alpha value is -1.94. The third-order valence-corrected chi connectivity index (χ3v) is 3.19. The minimum atomic E-state index is -0.187. The molecular weight excluding hydrogens is 262 g/mol. The van der Waals surface area contributed by atoms with Crippen molar-refractivity contribution in [3.05, 3.63) is 42.2 Å². The molecule has 0 spiro atoms. The molecule has 1 heterocycles. The van der Waals surface area contributed by atoms with Crippen LogP contribution in [0.3, 0.4) is 0 Å². The van der Waals surface area contributed by atoms with Crippen LogP contribution in [0.5, 0.6) is 0 Å². The van der Waals surface area contributed by atoms with Gasteiger partial charge in [0, 0.05) is 18.2 Å². The zero-order valence-corrected chi connectivity index (χ0v) is 13.1. The highest BCUT2D eigenvalue weighted by atomic mass is 16.5. The average molecular weight is 285 g/mol. The zero-order chi connectivity index (χ0) is 15.5. The van der Waals surface area contributed by atoms with Crippen LogP contribution in [-0.4, -0.2) is 16.6 Å². The number of rotatable bonds is 4. The maximum atomic E-state index is 5.97. The van der Waals surface area contributed by atoms with E-state index in [0.29, 0.717) is 18.2 Å². The highest BCUT2D eigenvalue weighted by Crippen LogP contribution is 2.35. The SMILES string of the molecule is CCOC(c1nc(N)cc(-c2ccccc2)n1)C(C)(C)C. The minimum Gasteiger partial charge on any atom is -0.384 e. The second kappa shape index (κ2) is 6.22. The molecule has 0 radical (unpaired) electrons. The Labute approximate surface area is 126 Å². The molecule has 2 rings (SSSR count). The molecule has 0 aliphatic heterocycles. The summed E-state index contributed by atoms with van der Waals surface area (Å²) in [5.74, 6) is 1.11. The second-order valence-corrected chi connectivity index (χ2v) is 6.10. The Kier molecular flexibility index (Phi) is 4.58. The second-order valence-electron chi connectivity index (χ2n) is 6.10. The lowest BCUT2D eigenvalue weighted by Gasteiger charge is -2.29.